The Bertz CT molecular complexity index is 871. The molecule has 0 aliphatic heterocycles. The zero-order chi connectivity index (χ0) is 17.6. The molecule has 0 bridgehead atoms. The number of aromatic hydroxyl groups is 1. The second kappa shape index (κ2) is 7.95. The predicted molar refractivity (Wildman–Crippen MR) is 96.3 cm³/mol. The maximum absolute atomic E-state index is 12.3. The Hall–Kier alpha value is -2.65. The highest BCUT2D eigenvalue weighted by Gasteiger charge is 2.13. The molecule has 0 saturated heterocycles. The first-order chi connectivity index (χ1) is 12.2. The Balaban J connectivity index is 1.62. The van der Waals surface area contributed by atoms with Crippen molar-refractivity contribution in [3.05, 3.63) is 53.9 Å². The Kier molecular flexibility index (Phi) is 5.46. The summed E-state index contributed by atoms with van der Waals surface area (Å²) >= 11 is 2.79. The van der Waals surface area contributed by atoms with E-state index in [1.807, 2.05) is 18.2 Å². The van der Waals surface area contributed by atoms with E-state index in [4.69, 9.17) is 4.74 Å². The summed E-state index contributed by atoms with van der Waals surface area (Å²) in [6, 6.07) is 10.1. The van der Waals surface area contributed by atoms with E-state index >= 15 is 0 Å². The van der Waals surface area contributed by atoms with Crippen LogP contribution in [0.4, 0.5) is 5.13 Å². The maximum atomic E-state index is 12.3. The molecule has 3 rings (SSSR count). The van der Waals surface area contributed by atoms with Gasteiger partial charge in [-0.1, -0.05) is 29.2 Å². The zero-order valence-corrected chi connectivity index (χ0v) is 14.8. The number of hydrogen-bond donors (Lipinski definition) is 2. The van der Waals surface area contributed by atoms with Crippen molar-refractivity contribution in [1.29, 1.82) is 0 Å². The van der Waals surface area contributed by atoms with Gasteiger partial charge in [-0.15, -0.1) is 10.2 Å². The minimum Gasteiger partial charge on any atom is -0.504 e. The van der Waals surface area contributed by atoms with Crippen molar-refractivity contribution in [3.8, 4) is 11.5 Å². The number of nitrogens with one attached hydrogen (secondary N) is 1. The summed E-state index contributed by atoms with van der Waals surface area (Å²) in [7, 11) is 1.42. The Morgan fingerprint density at radius 3 is 2.96 bits per heavy atom. The van der Waals surface area contributed by atoms with Crippen LogP contribution in [0.1, 0.15) is 16.1 Å². The van der Waals surface area contributed by atoms with Gasteiger partial charge in [0.1, 0.15) is 0 Å². The summed E-state index contributed by atoms with van der Waals surface area (Å²) in [5, 5.41) is 20.7. The van der Waals surface area contributed by atoms with Crippen molar-refractivity contribution in [1.82, 2.24) is 15.2 Å². The van der Waals surface area contributed by atoms with Gasteiger partial charge in [-0.25, -0.2) is 0 Å². The number of phenols is 1. The molecule has 7 nitrogen and oxygen atoms in total. The highest BCUT2D eigenvalue weighted by molar-refractivity contribution is 8.00. The standard InChI is InChI=1S/C16H14N4O3S2/c1-23-13-8-10(5-6-12(13)21)14(22)18-15-19-20-16(25-15)24-9-11-4-2-3-7-17-11/h2-8,21H,9H2,1H3,(H,18,19,22). The molecule has 0 unspecified atom stereocenters. The number of anilines is 1. The smallest absolute Gasteiger partial charge is 0.257 e. The maximum Gasteiger partial charge on any atom is 0.257 e. The fourth-order valence-corrected chi connectivity index (χ4v) is 3.59. The molecule has 1 aromatic carbocycles. The van der Waals surface area contributed by atoms with Gasteiger partial charge in [-0.2, -0.15) is 0 Å². The van der Waals surface area contributed by atoms with Gasteiger partial charge < -0.3 is 9.84 Å². The number of pyridine rings is 1. The van der Waals surface area contributed by atoms with E-state index in [-0.39, 0.29) is 17.4 Å². The molecule has 0 spiro atoms. The fourth-order valence-electron chi connectivity index (χ4n) is 1.93. The van der Waals surface area contributed by atoms with Crippen LogP contribution < -0.4 is 10.1 Å². The number of ether oxygens (including phenoxy) is 1. The van der Waals surface area contributed by atoms with Gasteiger partial charge in [0.2, 0.25) is 5.13 Å². The van der Waals surface area contributed by atoms with Crippen molar-refractivity contribution in [2.75, 3.05) is 12.4 Å². The van der Waals surface area contributed by atoms with Crippen molar-refractivity contribution in [2.45, 2.75) is 10.1 Å². The van der Waals surface area contributed by atoms with Gasteiger partial charge >= 0.3 is 0 Å². The molecule has 2 heterocycles. The van der Waals surface area contributed by atoms with Crippen LogP contribution in [-0.2, 0) is 5.75 Å². The van der Waals surface area contributed by atoms with Crippen LogP contribution in [0, 0.1) is 0 Å². The summed E-state index contributed by atoms with van der Waals surface area (Å²) in [5.41, 5.74) is 1.30. The van der Waals surface area contributed by atoms with E-state index in [0.717, 1.165) is 10.0 Å². The summed E-state index contributed by atoms with van der Waals surface area (Å²) in [5.74, 6) is 0.536. The summed E-state index contributed by atoms with van der Waals surface area (Å²) in [6.07, 6.45) is 1.74. The number of hydrogen-bond acceptors (Lipinski definition) is 8. The number of benzene rings is 1. The predicted octanol–water partition coefficient (Wildman–Crippen LogP) is 3.19. The van der Waals surface area contributed by atoms with E-state index < -0.39 is 0 Å². The van der Waals surface area contributed by atoms with E-state index in [2.05, 4.69) is 20.5 Å². The number of amides is 1. The SMILES string of the molecule is COc1cc(C(=O)Nc2nnc(SCc3ccccn3)s2)ccc1O. The lowest BCUT2D eigenvalue weighted by molar-refractivity contribution is 0.102. The number of methoxy groups -OCH3 is 1. The average Bonchev–Trinajstić information content (AvgIpc) is 3.08. The van der Waals surface area contributed by atoms with Crippen LogP contribution in [0.3, 0.4) is 0 Å². The topological polar surface area (TPSA) is 97.2 Å². The molecule has 3 aromatic rings. The first kappa shape index (κ1) is 17.2. The number of aromatic nitrogens is 3. The third kappa shape index (κ3) is 4.46. The Labute approximate surface area is 152 Å². The highest BCUT2D eigenvalue weighted by Crippen LogP contribution is 2.29. The summed E-state index contributed by atoms with van der Waals surface area (Å²) in [6.45, 7) is 0. The quantitative estimate of drug-likeness (QED) is 0.505. The van der Waals surface area contributed by atoms with Gasteiger partial charge in [0.05, 0.1) is 12.8 Å². The lowest BCUT2D eigenvalue weighted by Gasteiger charge is -2.05. The van der Waals surface area contributed by atoms with Gasteiger partial charge in [0, 0.05) is 17.5 Å². The van der Waals surface area contributed by atoms with E-state index in [9.17, 15) is 9.90 Å². The van der Waals surface area contributed by atoms with Crippen molar-refractivity contribution < 1.29 is 14.6 Å². The third-order valence-electron chi connectivity index (χ3n) is 3.14. The van der Waals surface area contributed by atoms with E-state index in [1.165, 1.54) is 48.4 Å². The lowest BCUT2D eigenvalue weighted by atomic mass is 10.2. The number of carbonyl (C=O) groups is 1. The third-order valence-corrected chi connectivity index (χ3v) is 5.14. The largest absolute Gasteiger partial charge is 0.504 e. The van der Waals surface area contributed by atoms with E-state index in [0.29, 0.717) is 16.4 Å². The number of carbonyl (C=O) groups excluding carboxylic acids is 1. The van der Waals surface area contributed by atoms with Crippen LogP contribution in [0.15, 0.2) is 46.9 Å². The number of phenolic OH excluding ortho intramolecular Hbond substituents is 1. The van der Waals surface area contributed by atoms with Crippen molar-refractivity contribution in [3.63, 3.8) is 0 Å². The Morgan fingerprint density at radius 1 is 1.32 bits per heavy atom. The molecule has 0 atom stereocenters. The fraction of sp³-hybridized carbons (Fsp3) is 0.125. The number of nitrogens with zero attached hydrogens (tertiary/aromatic N) is 3. The van der Waals surface area contributed by atoms with Crippen LogP contribution in [0.25, 0.3) is 0 Å². The number of thioether (sulfide) groups is 1. The zero-order valence-electron chi connectivity index (χ0n) is 13.2. The Morgan fingerprint density at radius 2 is 2.20 bits per heavy atom. The van der Waals surface area contributed by atoms with Crippen LogP contribution in [0.5, 0.6) is 11.5 Å². The highest BCUT2D eigenvalue weighted by atomic mass is 32.2. The molecule has 128 valence electrons. The molecule has 0 saturated carbocycles. The molecule has 2 N–H and O–H groups in total. The van der Waals surface area contributed by atoms with Gasteiger partial charge in [0.25, 0.3) is 5.91 Å². The number of rotatable bonds is 6. The van der Waals surface area contributed by atoms with Gasteiger partial charge in [-0.3, -0.25) is 15.1 Å². The molecule has 25 heavy (non-hydrogen) atoms. The molecular weight excluding hydrogens is 360 g/mol. The van der Waals surface area contributed by atoms with Crippen LogP contribution in [0.2, 0.25) is 0 Å². The monoisotopic (exact) mass is 374 g/mol. The molecule has 0 aliphatic carbocycles. The summed E-state index contributed by atoms with van der Waals surface area (Å²) in [4.78, 5) is 16.5. The molecule has 1 amide bonds. The minimum absolute atomic E-state index is 0.0248. The summed E-state index contributed by atoms with van der Waals surface area (Å²) < 4.78 is 5.74. The molecule has 0 fully saturated rings. The molecule has 0 aliphatic rings. The van der Waals surface area contributed by atoms with Gasteiger partial charge in [0.15, 0.2) is 15.8 Å². The minimum atomic E-state index is -0.351. The first-order valence-corrected chi connectivity index (χ1v) is 9.00. The first-order valence-electron chi connectivity index (χ1n) is 7.20. The normalized spacial score (nSPS) is 10.4. The second-order valence-corrected chi connectivity index (χ2v) is 7.02. The second-order valence-electron chi connectivity index (χ2n) is 4.82. The van der Waals surface area contributed by atoms with Crippen LogP contribution >= 0.6 is 23.1 Å². The molecule has 2 aromatic heterocycles. The molecule has 0 radical (unpaired) electrons. The lowest BCUT2D eigenvalue weighted by Crippen LogP contribution is -2.11. The molecule has 9 heteroatoms. The van der Waals surface area contributed by atoms with Gasteiger partial charge in [-0.05, 0) is 30.3 Å². The molecular formula is C16H14N4O3S2. The van der Waals surface area contributed by atoms with Crippen LogP contribution in [-0.4, -0.2) is 33.3 Å². The average molecular weight is 374 g/mol. The van der Waals surface area contributed by atoms with E-state index in [1.54, 1.807) is 6.20 Å². The van der Waals surface area contributed by atoms with Crippen molar-refractivity contribution in [2.24, 2.45) is 0 Å². The van der Waals surface area contributed by atoms with Crippen molar-refractivity contribution >= 4 is 34.1 Å².